The Morgan fingerprint density at radius 2 is 2.33 bits per heavy atom. The lowest BCUT2D eigenvalue weighted by Gasteiger charge is -2.34. The number of hydrogen-bond donors (Lipinski definition) is 1. The van der Waals surface area contributed by atoms with Gasteiger partial charge in [0.25, 0.3) is 0 Å². The molecule has 0 saturated carbocycles. The van der Waals surface area contributed by atoms with E-state index in [0.717, 1.165) is 6.42 Å². The van der Waals surface area contributed by atoms with E-state index in [4.69, 9.17) is 5.73 Å². The highest BCUT2D eigenvalue weighted by Crippen LogP contribution is 2.36. The summed E-state index contributed by atoms with van der Waals surface area (Å²) >= 11 is 1.63. The Balaban J connectivity index is 2.17. The van der Waals surface area contributed by atoms with Gasteiger partial charge in [0.2, 0.25) is 5.91 Å². The molecule has 2 saturated heterocycles. The molecule has 2 heterocycles. The van der Waals surface area contributed by atoms with Gasteiger partial charge < -0.3 is 15.4 Å². The number of hydrogen-bond acceptors (Lipinski definition) is 5. The van der Waals surface area contributed by atoms with Gasteiger partial charge in [0.05, 0.1) is 18.5 Å². The molecule has 2 N–H and O–H groups in total. The SMILES string of the molecule is COC(=O)[C@@H]1CS[C@H]2CC[C@H](N)C(=O)N21. The predicted octanol–water partition coefficient (Wildman–Crippen LogP) is -0.449. The van der Waals surface area contributed by atoms with Crippen molar-refractivity contribution in [2.45, 2.75) is 30.3 Å². The number of nitrogens with two attached hydrogens (primary N) is 1. The van der Waals surface area contributed by atoms with Gasteiger partial charge in [-0.2, -0.15) is 0 Å². The fraction of sp³-hybridized carbons (Fsp3) is 0.778. The minimum absolute atomic E-state index is 0.112. The third-order valence-corrected chi connectivity index (χ3v) is 4.22. The average molecular weight is 230 g/mol. The number of nitrogens with zero attached hydrogens (tertiary/aromatic N) is 1. The summed E-state index contributed by atoms with van der Waals surface area (Å²) in [6.45, 7) is 0. The Morgan fingerprint density at radius 3 is 3.00 bits per heavy atom. The standard InChI is InChI=1S/C9H14N2O3S/c1-14-9(13)6-4-15-7-3-2-5(10)8(12)11(6)7/h5-7H,2-4,10H2,1H3/t5-,6-,7-/m0/s1. The molecule has 2 aliphatic rings. The molecule has 1 amide bonds. The van der Waals surface area contributed by atoms with Crippen LogP contribution in [0.15, 0.2) is 0 Å². The zero-order valence-electron chi connectivity index (χ0n) is 8.51. The zero-order valence-corrected chi connectivity index (χ0v) is 9.33. The van der Waals surface area contributed by atoms with Crippen LogP contribution in [0.3, 0.4) is 0 Å². The molecule has 0 aliphatic carbocycles. The smallest absolute Gasteiger partial charge is 0.329 e. The molecule has 0 aromatic carbocycles. The highest BCUT2D eigenvalue weighted by molar-refractivity contribution is 8.00. The van der Waals surface area contributed by atoms with Crippen molar-refractivity contribution in [2.24, 2.45) is 5.73 Å². The van der Waals surface area contributed by atoms with Gasteiger partial charge in [0, 0.05) is 5.75 Å². The topological polar surface area (TPSA) is 72.6 Å². The molecule has 2 aliphatic heterocycles. The summed E-state index contributed by atoms with van der Waals surface area (Å²) in [7, 11) is 1.34. The average Bonchev–Trinajstić information content (AvgIpc) is 2.67. The number of carbonyl (C=O) groups is 2. The van der Waals surface area contributed by atoms with Crippen LogP contribution < -0.4 is 5.73 Å². The van der Waals surface area contributed by atoms with Crippen molar-refractivity contribution in [3.05, 3.63) is 0 Å². The molecule has 0 aromatic heterocycles. The van der Waals surface area contributed by atoms with Gasteiger partial charge in [-0.3, -0.25) is 4.79 Å². The Hall–Kier alpha value is -0.750. The van der Waals surface area contributed by atoms with Gasteiger partial charge in [0.1, 0.15) is 6.04 Å². The van der Waals surface area contributed by atoms with Gasteiger partial charge in [-0.15, -0.1) is 11.8 Å². The summed E-state index contributed by atoms with van der Waals surface area (Å²) in [5, 5.41) is 0.112. The van der Waals surface area contributed by atoms with E-state index in [1.807, 2.05) is 0 Å². The fourth-order valence-electron chi connectivity index (χ4n) is 2.04. The number of esters is 1. The second-order valence-corrected chi connectivity index (χ2v) is 4.97. The molecule has 0 bridgehead atoms. The van der Waals surface area contributed by atoms with E-state index in [1.54, 1.807) is 16.7 Å². The normalized spacial score (nSPS) is 35.2. The van der Waals surface area contributed by atoms with E-state index in [1.165, 1.54) is 7.11 Å². The highest BCUT2D eigenvalue weighted by Gasteiger charge is 2.46. The van der Waals surface area contributed by atoms with E-state index in [2.05, 4.69) is 4.74 Å². The van der Waals surface area contributed by atoms with Crippen molar-refractivity contribution < 1.29 is 14.3 Å². The number of amides is 1. The number of piperidine rings is 1. The van der Waals surface area contributed by atoms with Gasteiger partial charge in [-0.05, 0) is 12.8 Å². The van der Waals surface area contributed by atoms with Gasteiger partial charge in [0.15, 0.2) is 0 Å². The second kappa shape index (κ2) is 4.02. The van der Waals surface area contributed by atoms with E-state index in [0.29, 0.717) is 12.2 Å². The van der Waals surface area contributed by atoms with Crippen molar-refractivity contribution >= 4 is 23.6 Å². The Kier molecular flexibility index (Phi) is 2.88. The van der Waals surface area contributed by atoms with E-state index in [9.17, 15) is 9.59 Å². The third kappa shape index (κ3) is 1.72. The van der Waals surface area contributed by atoms with Gasteiger partial charge in [-0.25, -0.2) is 4.79 Å². The van der Waals surface area contributed by atoms with Crippen molar-refractivity contribution in [1.29, 1.82) is 0 Å². The molecule has 2 rings (SSSR count). The van der Waals surface area contributed by atoms with Crippen LogP contribution in [0.5, 0.6) is 0 Å². The lowest BCUT2D eigenvalue weighted by molar-refractivity contribution is -0.153. The molecule has 0 aromatic rings. The van der Waals surface area contributed by atoms with Crippen LogP contribution in [0.1, 0.15) is 12.8 Å². The number of rotatable bonds is 1. The first-order valence-corrected chi connectivity index (χ1v) is 5.97. The molecule has 0 spiro atoms. The molecule has 5 nitrogen and oxygen atoms in total. The van der Waals surface area contributed by atoms with Crippen LogP contribution in [0.2, 0.25) is 0 Å². The summed E-state index contributed by atoms with van der Waals surface area (Å²) in [6, 6.07) is -0.893. The van der Waals surface area contributed by atoms with Crippen LogP contribution in [-0.4, -0.2) is 47.1 Å². The molecular formula is C9H14N2O3S. The molecule has 0 unspecified atom stereocenters. The molecule has 6 heteroatoms. The lowest BCUT2D eigenvalue weighted by atomic mass is 10.0. The summed E-state index contributed by atoms with van der Waals surface area (Å²) in [5.41, 5.74) is 5.69. The maximum Gasteiger partial charge on any atom is 0.329 e. The summed E-state index contributed by atoms with van der Waals surface area (Å²) in [4.78, 5) is 24.9. The highest BCUT2D eigenvalue weighted by atomic mass is 32.2. The van der Waals surface area contributed by atoms with Crippen LogP contribution in [0.25, 0.3) is 0 Å². The largest absolute Gasteiger partial charge is 0.467 e. The van der Waals surface area contributed by atoms with Gasteiger partial charge in [-0.1, -0.05) is 0 Å². The minimum atomic E-state index is -0.452. The Labute approximate surface area is 92.3 Å². The van der Waals surface area contributed by atoms with Crippen molar-refractivity contribution in [3.63, 3.8) is 0 Å². The Morgan fingerprint density at radius 1 is 1.60 bits per heavy atom. The van der Waals surface area contributed by atoms with Crippen molar-refractivity contribution in [2.75, 3.05) is 12.9 Å². The third-order valence-electron chi connectivity index (χ3n) is 2.86. The quantitative estimate of drug-likeness (QED) is 0.618. The first-order chi connectivity index (χ1) is 7.15. The number of carbonyl (C=O) groups excluding carboxylic acids is 2. The number of methoxy groups -OCH3 is 1. The zero-order chi connectivity index (χ0) is 11.0. The predicted molar refractivity (Wildman–Crippen MR) is 56.1 cm³/mol. The monoisotopic (exact) mass is 230 g/mol. The number of ether oxygens (including phenoxy) is 1. The molecular weight excluding hydrogens is 216 g/mol. The summed E-state index contributed by atoms with van der Waals surface area (Å²) < 4.78 is 4.68. The molecule has 2 fully saturated rings. The fourth-order valence-corrected chi connectivity index (χ4v) is 3.45. The second-order valence-electron chi connectivity index (χ2n) is 3.76. The van der Waals surface area contributed by atoms with Crippen LogP contribution in [0.4, 0.5) is 0 Å². The first kappa shape index (κ1) is 10.8. The summed E-state index contributed by atoms with van der Waals surface area (Å²) in [5.74, 6) is 0.162. The maximum atomic E-state index is 11.8. The maximum absolute atomic E-state index is 11.8. The van der Waals surface area contributed by atoms with E-state index < -0.39 is 12.1 Å². The number of thioether (sulfide) groups is 1. The van der Waals surface area contributed by atoms with Crippen LogP contribution in [0, 0.1) is 0 Å². The first-order valence-electron chi connectivity index (χ1n) is 4.92. The molecule has 0 radical (unpaired) electrons. The molecule has 15 heavy (non-hydrogen) atoms. The van der Waals surface area contributed by atoms with Crippen molar-refractivity contribution in [1.82, 2.24) is 4.90 Å². The van der Waals surface area contributed by atoms with Crippen LogP contribution in [-0.2, 0) is 14.3 Å². The van der Waals surface area contributed by atoms with Gasteiger partial charge >= 0.3 is 5.97 Å². The van der Waals surface area contributed by atoms with E-state index in [-0.39, 0.29) is 17.3 Å². The molecule has 84 valence electrons. The van der Waals surface area contributed by atoms with Crippen LogP contribution >= 0.6 is 11.8 Å². The number of fused-ring (bicyclic) bond motifs is 1. The molecule has 3 atom stereocenters. The summed E-state index contributed by atoms with van der Waals surface area (Å²) in [6.07, 6.45) is 1.58. The van der Waals surface area contributed by atoms with E-state index >= 15 is 0 Å². The lowest BCUT2D eigenvalue weighted by Crippen LogP contribution is -2.55. The minimum Gasteiger partial charge on any atom is -0.467 e. The Bertz CT molecular complexity index is 297. The van der Waals surface area contributed by atoms with Crippen molar-refractivity contribution in [3.8, 4) is 0 Å².